The number of benzene rings is 25. The number of para-hydroxylation sites is 3. The first-order valence-corrected chi connectivity index (χ1v) is 51.7. The second-order valence-electron chi connectivity index (χ2n) is 41.3. The Balaban J connectivity index is 0.000000112. The Morgan fingerprint density at radius 1 is 0.122 bits per heavy atom. The molecule has 0 fully saturated rings. The summed E-state index contributed by atoms with van der Waals surface area (Å²) in [4.78, 5) is 7.29. The lowest BCUT2D eigenvalue weighted by Crippen LogP contribution is -2.17. The van der Waals surface area contributed by atoms with Crippen LogP contribution < -0.4 is 14.7 Å². The van der Waals surface area contributed by atoms with E-state index >= 15 is 0 Å². The fraction of sp³-hybridized carbons (Fsp3) is 0.0621. The third-order valence-corrected chi connectivity index (χ3v) is 31.7. The molecule has 3 heteroatoms. The first-order chi connectivity index (χ1) is 72.7. The number of hydrogen-bond acceptors (Lipinski definition) is 3. The van der Waals surface area contributed by atoms with Gasteiger partial charge in [-0.1, -0.05) is 460 Å². The van der Waals surface area contributed by atoms with Gasteiger partial charge < -0.3 is 14.7 Å². The van der Waals surface area contributed by atoms with Crippen molar-refractivity contribution in [1.82, 2.24) is 0 Å². The molecule has 0 amide bonds. The monoisotopic (exact) mass is 1890 g/mol. The van der Waals surface area contributed by atoms with E-state index in [9.17, 15) is 0 Å². The number of nitrogens with zero attached hydrogens (tertiary/aromatic N) is 3. The van der Waals surface area contributed by atoms with Crippen LogP contribution in [0.25, 0.3) is 176 Å². The lowest BCUT2D eigenvalue weighted by molar-refractivity contribution is 0.660. The Hall–Kier alpha value is -18.3. The third-order valence-electron chi connectivity index (χ3n) is 31.7. The van der Waals surface area contributed by atoms with Crippen LogP contribution in [0.5, 0.6) is 0 Å². The van der Waals surface area contributed by atoms with E-state index in [4.69, 9.17) is 0 Å². The van der Waals surface area contributed by atoms with Gasteiger partial charge in [0.15, 0.2) is 0 Å². The van der Waals surface area contributed by atoms with Gasteiger partial charge in [-0.3, -0.25) is 0 Å². The van der Waals surface area contributed by atoms with Crippen molar-refractivity contribution in [2.45, 2.75) is 57.8 Å². The number of fused-ring (bicyclic) bond motifs is 17. The number of anilines is 9. The molecular formula is C145H107N3. The molecule has 0 aliphatic heterocycles. The minimum absolute atomic E-state index is 0.158. The van der Waals surface area contributed by atoms with E-state index in [1.54, 1.807) is 0 Å². The van der Waals surface area contributed by atoms with Crippen LogP contribution in [0.4, 0.5) is 51.2 Å². The van der Waals surface area contributed by atoms with Gasteiger partial charge >= 0.3 is 0 Å². The van der Waals surface area contributed by atoms with Gasteiger partial charge in [0.05, 0.1) is 17.1 Å². The molecule has 0 N–H and O–H groups in total. The highest BCUT2D eigenvalue weighted by Crippen LogP contribution is 2.58. The van der Waals surface area contributed by atoms with E-state index in [1.807, 2.05) is 0 Å². The van der Waals surface area contributed by atoms with Crippen LogP contribution in [-0.4, -0.2) is 0 Å². The van der Waals surface area contributed by atoms with Gasteiger partial charge in [-0.15, -0.1) is 0 Å². The summed E-state index contributed by atoms with van der Waals surface area (Å²) in [6.45, 7) is 14.3. The van der Waals surface area contributed by atoms with Crippen molar-refractivity contribution in [3.8, 4) is 100 Å². The average molecular weight is 1890 g/mol. The van der Waals surface area contributed by atoms with Crippen molar-refractivity contribution in [3.63, 3.8) is 0 Å². The summed E-state index contributed by atoms with van der Waals surface area (Å²) < 4.78 is 0. The highest BCUT2D eigenvalue weighted by molar-refractivity contribution is 6.15. The molecule has 0 unspecified atom stereocenters. The van der Waals surface area contributed by atoms with E-state index in [0.29, 0.717) is 0 Å². The first-order valence-electron chi connectivity index (χ1n) is 51.7. The maximum Gasteiger partial charge on any atom is 0.0540 e. The van der Waals surface area contributed by atoms with E-state index in [1.165, 1.54) is 226 Å². The smallest absolute Gasteiger partial charge is 0.0540 e. The molecule has 0 heterocycles. The molecular weight excluding hydrogens is 1780 g/mol. The molecule has 0 atom stereocenters. The molecule has 0 radical (unpaired) electrons. The predicted octanol–water partition coefficient (Wildman–Crippen LogP) is 40.5. The highest BCUT2D eigenvalue weighted by atomic mass is 15.2. The average Bonchev–Trinajstić information content (AvgIpc) is 1.56. The normalized spacial score (nSPS) is 13.0. The summed E-state index contributed by atoms with van der Waals surface area (Å²) >= 11 is 0. The van der Waals surface area contributed by atoms with E-state index in [2.05, 4.69) is 596 Å². The SMILES string of the molecule is CC1(C)c2cc(-c3cc4ccccc4c4ccccc34)ccc2-c2ccc(N(c3ccccc3)c3ccc(-c4ccccc4)c4ccccc34)cc21.CC1(C)c2cc(-c3ccc4ccccc4c3)ccc2-c2ccc(N(c3ccccc3)c3ccc(-c4ccccc4)c4ccccc34)cc21.CC1(C)c2cc(-c3cccc4ccccc34)ccc2-c2ccc(N(c3ccccc3)c3ccc(-c4ccccc4)c4ccccc34)cc21. The quantitative estimate of drug-likeness (QED) is 0.0947. The summed E-state index contributed by atoms with van der Waals surface area (Å²) in [5, 5.41) is 17.7. The predicted molar refractivity (Wildman–Crippen MR) is 631 cm³/mol. The molecule has 0 spiro atoms. The molecule has 3 aliphatic carbocycles. The zero-order valence-corrected chi connectivity index (χ0v) is 83.7. The van der Waals surface area contributed by atoms with E-state index < -0.39 is 0 Å². The summed E-state index contributed by atoms with van der Waals surface area (Å²) in [7, 11) is 0. The Morgan fingerprint density at radius 2 is 0.378 bits per heavy atom. The van der Waals surface area contributed by atoms with Crippen molar-refractivity contribution in [2.75, 3.05) is 14.7 Å². The molecule has 148 heavy (non-hydrogen) atoms. The van der Waals surface area contributed by atoms with Crippen molar-refractivity contribution >= 4 is 127 Å². The maximum absolute atomic E-state index is 2.45. The van der Waals surface area contributed by atoms with Gasteiger partial charge in [0.2, 0.25) is 0 Å². The van der Waals surface area contributed by atoms with Crippen LogP contribution in [-0.2, 0) is 16.2 Å². The van der Waals surface area contributed by atoms with Gasteiger partial charge in [0, 0.05) is 66.5 Å². The zero-order chi connectivity index (χ0) is 99.3. The van der Waals surface area contributed by atoms with Gasteiger partial charge in [-0.05, 0) is 314 Å². The maximum atomic E-state index is 2.45. The molecule has 0 saturated carbocycles. The minimum atomic E-state index is -0.190. The van der Waals surface area contributed by atoms with E-state index in [0.717, 1.165) is 34.1 Å². The van der Waals surface area contributed by atoms with Crippen LogP contribution in [0.15, 0.2) is 540 Å². The zero-order valence-electron chi connectivity index (χ0n) is 83.7. The summed E-state index contributed by atoms with van der Waals surface area (Å²) in [5.74, 6) is 0. The fourth-order valence-electron chi connectivity index (χ4n) is 24.3. The first kappa shape index (κ1) is 89.8. The standard InChI is InChI=1S/C51H37N.2C47H35N/c1-51(2)48-32-36(47-31-35-17-9-10-20-39(35)41-21-11-12-23-43(41)47)25-27-44(48)45-28-26-38(33-49(45)51)52(37-18-7-4-8-19-37)50-30-29-40(34-15-5-3-6-16-34)42-22-13-14-24-46(42)50;1-47(2)44-30-34(38-23-13-17-33-16-9-10-20-37(33)38)24-26-41(44)42-27-25-36(31-45(42)47)48(35-18-7-4-8-19-35)46-29-28-39(32-14-5-3-6-15-32)40-21-11-12-22-43(40)46;1-47(2)44-30-36(35-22-21-32-13-9-10-16-34(32)29-35)23-25-41(44)42-26-24-38(31-45(42)47)48(37-17-7-4-8-18-37)46-28-27-39(33-14-5-3-6-15-33)40-19-11-12-20-43(40)46/h3-33H,1-2H3;2*3-31H,1-2H3. The largest absolute Gasteiger partial charge is 0.310 e. The molecule has 3 nitrogen and oxygen atoms in total. The van der Waals surface area contributed by atoms with Crippen molar-refractivity contribution in [2.24, 2.45) is 0 Å². The molecule has 3 aliphatic rings. The topological polar surface area (TPSA) is 9.72 Å². The Bertz CT molecular complexity index is 9480. The number of rotatable bonds is 15. The Morgan fingerprint density at radius 3 is 0.777 bits per heavy atom. The number of hydrogen-bond donors (Lipinski definition) is 0. The fourth-order valence-corrected chi connectivity index (χ4v) is 24.3. The van der Waals surface area contributed by atoms with Crippen LogP contribution in [0.1, 0.15) is 74.9 Å². The minimum Gasteiger partial charge on any atom is -0.310 e. The van der Waals surface area contributed by atoms with Crippen LogP contribution in [0.2, 0.25) is 0 Å². The molecule has 0 aromatic heterocycles. The summed E-state index contributed by atoms with van der Waals surface area (Å²) in [6, 6.07) is 198. The molecule has 25 aromatic carbocycles. The van der Waals surface area contributed by atoms with Crippen LogP contribution in [0, 0.1) is 0 Å². The summed E-state index contributed by atoms with van der Waals surface area (Å²) in [6.07, 6.45) is 0. The lowest BCUT2D eigenvalue weighted by atomic mass is 9.81. The molecule has 0 saturated heterocycles. The van der Waals surface area contributed by atoms with Crippen molar-refractivity contribution < 1.29 is 0 Å². The Kier molecular flexibility index (Phi) is 22.4. The van der Waals surface area contributed by atoms with Crippen LogP contribution in [0.3, 0.4) is 0 Å². The second kappa shape index (κ2) is 36.8. The molecule has 25 aromatic rings. The van der Waals surface area contributed by atoms with E-state index in [-0.39, 0.29) is 16.2 Å². The van der Waals surface area contributed by atoms with Crippen molar-refractivity contribution in [3.05, 3.63) is 573 Å². The van der Waals surface area contributed by atoms with Crippen molar-refractivity contribution in [1.29, 1.82) is 0 Å². The molecule has 28 rings (SSSR count). The van der Waals surface area contributed by atoms with Gasteiger partial charge in [0.25, 0.3) is 0 Å². The third kappa shape index (κ3) is 15.6. The lowest BCUT2D eigenvalue weighted by Gasteiger charge is -2.29. The second-order valence-corrected chi connectivity index (χ2v) is 41.3. The van der Waals surface area contributed by atoms with Gasteiger partial charge in [0.1, 0.15) is 0 Å². The molecule has 702 valence electrons. The Labute approximate surface area is 866 Å². The van der Waals surface area contributed by atoms with Gasteiger partial charge in [-0.25, -0.2) is 0 Å². The highest BCUT2D eigenvalue weighted by Gasteiger charge is 2.41. The summed E-state index contributed by atoms with van der Waals surface area (Å²) in [5.41, 5.74) is 41.1. The van der Waals surface area contributed by atoms with Crippen LogP contribution >= 0.6 is 0 Å². The molecule has 0 bridgehead atoms. The van der Waals surface area contributed by atoms with Gasteiger partial charge in [-0.2, -0.15) is 0 Å².